The Labute approximate surface area is 111 Å². The second-order valence-electron chi connectivity index (χ2n) is 3.58. The molecule has 0 N–H and O–H groups in total. The van der Waals surface area contributed by atoms with E-state index in [2.05, 4.69) is 9.47 Å². The average Bonchev–Trinajstić information content (AvgIpc) is 2.31. The molecule has 0 atom stereocenters. The van der Waals surface area contributed by atoms with Crippen molar-refractivity contribution in [1.82, 2.24) is 0 Å². The molecule has 0 aliphatic carbocycles. The lowest BCUT2D eigenvalue weighted by molar-refractivity contribution is -0.275. The standard InChI is InChI=1S/C12H9F4NO3/c1-2-19-10(18)5-7-3-9(13)4-8(6-17)11(7)20-12(14,15)16/h3-4H,2,5H2,1H3. The molecule has 0 saturated heterocycles. The highest BCUT2D eigenvalue weighted by Gasteiger charge is 2.34. The summed E-state index contributed by atoms with van der Waals surface area (Å²) in [6.45, 7) is 1.53. The molecule has 0 amide bonds. The van der Waals surface area contributed by atoms with Gasteiger partial charge in [0.2, 0.25) is 0 Å². The van der Waals surface area contributed by atoms with Crippen molar-refractivity contribution in [2.24, 2.45) is 0 Å². The molecule has 1 aromatic carbocycles. The molecule has 20 heavy (non-hydrogen) atoms. The van der Waals surface area contributed by atoms with Gasteiger partial charge in [0.25, 0.3) is 0 Å². The van der Waals surface area contributed by atoms with Crippen LogP contribution in [0, 0.1) is 17.1 Å². The number of esters is 1. The largest absolute Gasteiger partial charge is 0.573 e. The van der Waals surface area contributed by atoms with Crippen LogP contribution in [0.4, 0.5) is 17.6 Å². The Hall–Kier alpha value is -2.30. The summed E-state index contributed by atoms with van der Waals surface area (Å²) in [5.41, 5.74) is -1.06. The summed E-state index contributed by atoms with van der Waals surface area (Å²) in [7, 11) is 0. The maximum atomic E-state index is 13.2. The minimum atomic E-state index is -5.06. The van der Waals surface area contributed by atoms with Crippen molar-refractivity contribution in [1.29, 1.82) is 5.26 Å². The quantitative estimate of drug-likeness (QED) is 0.632. The molecular weight excluding hydrogens is 282 g/mol. The van der Waals surface area contributed by atoms with Crippen molar-refractivity contribution in [2.45, 2.75) is 19.7 Å². The van der Waals surface area contributed by atoms with Crippen LogP contribution in [-0.2, 0) is 16.0 Å². The van der Waals surface area contributed by atoms with Crippen LogP contribution in [0.25, 0.3) is 0 Å². The summed E-state index contributed by atoms with van der Waals surface area (Å²) in [6.07, 6.45) is -5.70. The van der Waals surface area contributed by atoms with Crippen molar-refractivity contribution < 1.29 is 31.8 Å². The number of hydrogen-bond donors (Lipinski definition) is 0. The van der Waals surface area contributed by atoms with E-state index < -0.39 is 41.4 Å². The van der Waals surface area contributed by atoms with Crippen molar-refractivity contribution in [2.75, 3.05) is 6.61 Å². The van der Waals surface area contributed by atoms with E-state index in [1.807, 2.05) is 0 Å². The second kappa shape index (κ2) is 6.23. The normalized spacial score (nSPS) is 10.8. The van der Waals surface area contributed by atoms with Gasteiger partial charge in [0.05, 0.1) is 18.6 Å². The van der Waals surface area contributed by atoms with E-state index in [9.17, 15) is 22.4 Å². The molecule has 0 radical (unpaired) electrons. The maximum Gasteiger partial charge on any atom is 0.573 e. The lowest BCUT2D eigenvalue weighted by Crippen LogP contribution is -2.20. The zero-order valence-corrected chi connectivity index (χ0v) is 10.3. The Morgan fingerprint density at radius 2 is 2.05 bits per heavy atom. The van der Waals surface area contributed by atoms with Gasteiger partial charge in [-0.25, -0.2) is 4.39 Å². The van der Waals surface area contributed by atoms with E-state index in [4.69, 9.17) is 5.26 Å². The summed E-state index contributed by atoms with van der Waals surface area (Å²) < 4.78 is 58.3. The van der Waals surface area contributed by atoms with Gasteiger partial charge in [-0.2, -0.15) is 5.26 Å². The number of rotatable bonds is 4. The number of ether oxygens (including phenoxy) is 2. The molecule has 0 spiro atoms. The minimum Gasteiger partial charge on any atom is -0.466 e. The predicted octanol–water partition coefficient (Wildman–Crippen LogP) is 2.70. The lowest BCUT2D eigenvalue weighted by atomic mass is 10.1. The second-order valence-corrected chi connectivity index (χ2v) is 3.58. The van der Waals surface area contributed by atoms with Crippen LogP contribution in [0.2, 0.25) is 0 Å². The molecule has 0 unspecified atom stereocenters. The molecule has 0 bridgehead atoms. The van der Waals surface area contributed by atoms with Gasteiger partial charge in [-0.3, -0.25) is 4.79 Å². The zero-order valence-electron chi connectivity index (χ0n) is 10.3. The van der Waals surface area contributed by atoms with Gasteiger partial charge < -0.3 is 9.47 Å². The first-order valence-electron chi connectivity index (χ1n) is 5.40. The summed E-state index contributed by atoms with van der Waals surface area (Å²) in [5, 5.41) is 8.72. The van der Waals surface area contributed by atoms with Crippen LogP contribution >= 0.6 is 0 Å². The highest BCUT2D eigenvalue weighted by atomic mass is 19.4. The molecule has 8 heteroatoms. The summed E-state index contributed by atoms with van der Waals surface area (Å²) in [6, 6.07) is 2.67. The fourth-order valence-electron chi connectivity index (χ4n) is 1.47. The molecule has 1 aromatic rings. The third-order valence-corrected chi connectivity index (χ3v) is 2.11. The SMILES string of the molecule is CCOC(=O)Cc1cc(F)cc(C#N)c1OC(F)(F)F. The van der Waals surface area contributed by atoms with Gasteiger partial charge in [-0.05, 0) is 19.1 Å². The van der Waals surface area contributed by atoms with Crippen molar-refractivity contribution >= 4 is 5.97 Å². The highest BCUT2D eigenvalue weighted by Crippen LogP contribution is 2.31. The first-order valence-corrected chi connectivity index (χ1v) is 5.40. The average molecular weight is 291 g/mol. The minimum absolute atomic E-state index is 0.0225. The van der Waals surface area contributed by atoms with Crippen LogP contribution in [-0.4, -0.2) is 18.9 Å². The molecule has 4 nitrogen and oxygen atoms in total. The molecule has 0 saturated carbocycles. The zero-order chi connectivity index (χ0) is 15.3. The number of alkyl halides is 3. The van der Waals surface area contributed by atoms with Crippen molar-refractivity contribution in [3.63, 3.8) is 0 Å². The van der Waals surface area contributed by atoms with E-state index >= 15 is 0 Å². The number of benzene rings is 1. The van der Waals surface area contributed by atoms with Gasteiger partial charge in [0, 0.05) is 5.56 Å². The van der Waals surface area contributed by atoms with E-state index in [0.29, 0.717) is 12.1 Å². The van der Waals surface area contributed by atoms with Crippen LogP contribution in [0.5, 0.6) is 5.75 Å². The van der Waals surface area contributed by atoms with E-state index in [0.717, 1.165) is 0 Å². The Bertz CT molecular complexity index is 549. The highest BCUT2D eigenvalue weighted by molar-refractivity contribution is 5.74. The maximum absolute atomic E-state index is 13.2. The van der Waals surface area contributed by atoms with Crippen molar-refractivity contribution in [3.05, 3.63) is 29.1 Å². The van der Waals surface area contributed by atoms with E-state index in [-0.39, 0.29) is 6.61 Å². The number of carbonyl (C=O) groups excluding carboxylic acids is 1. The smallest absolute Gasteiger partial charge is 0.466 e. The molecule has 0 fully saturated rings. The predicted molar refractivity (Wildman–Crippen MR) is 58.1 cm³/mol. The Kier molecular flexibility index (Phi) is 4.91. The van der Waals surface area contributed by atoms with Crippen LogP contribution < -0.4 is 4.74 Å². The van der Waals surface area contributed by atoms with Gasteiger partial charge in [0.15, 0.2) is 5.75 Å². The number of nitrogens with zero attached hydrogens (tertiary/aromatic N) is 1. The number of hydrogen-bond acceptors (Lipinski definition) is 4. The van der Waals surface area contributed by atoms with Gasteiger partial charge >= 0.3 is 12.3 Å². The molecule has 0 aliphatic rings. The number of halogens is 4. The Morgan fingerprint density at radius 3 is 2.55 bits per heavy atom. The number of nitriles is 1. The van der Waals surface area contributed by atoms with Crippen LogP contribution in [0.1, 0.15) is 18.1 Å². The monoisotopic (exact) mass is 291 g/mol. The molecule has 108 valence electrons. The number of carbonyl (C=O) groups is 1. The van der Waals surface area contributed by atoms with Gasteiger partial charge in [0.1, 0.15) is 11.9 Å². The molecule has 0 heterocycles. The fourth-order valence-corrected chi connectivity index (χ4v) is 1.47. The molecule has 0 aliphatic heterocycles. The van der Waals surface area contributed by atoms with E-state index in [1.54, 1.807) is 0 Å². The molecular formula is C12H9F4NO3. The van der Waals surface area contributed by atoms with E-state index in [1.165, 1.54) is 13.0 Å². The van der Waals surface area contributed by atoms with Crippen LogP contribution in [0.15, 0.2) is 12.1 Å². The molecule has 0 aromatic heterocycles. The van der Waals surface area contributed by atoms with Gasteiger partial charge in [-0.1, -0.05) is 0 Å². The summed E-state index contributed by atoms with van der Waals surface area (Å²) in [4.78, 5) is 11.3. The van der Waals surface area contributed by atoms with Gasteiger partial charge in [-0.15, -0.1) is 13.2 Å². The topological polar surface area (TPSA) is 59.3 Å². The first kappa shape index (κ1) is 15.8. The Morgan fingerprint density at radius 1 is 1.40 bits per heavy atom. The summed E-state index contributed by atoms with van der Waals surface area (Å²) >= 11 is 0. The summed E-state index contributed by atoms with van der Waals surface area (Å²) in [5.74, 6) is -2.70. The third kappa shape index (κ3) is 4.42. The van der Waals surface area contributed by atoms with Crippen molar-refractivity contribution in [3.8, 4) is 11.8 Å². The van der Waals surface area contributed by atoms with Crippen LogP contribution in [0.3, 0.4) is 0 Å². The third-order valence-electron chi connectivity index (χ3n) is 2.11. The lowest BCUT2D eigenvalue weighted by Gasteiger charge is -2.14. The molecule has 1 rings (SSSR count). The first-order chi connectivity index (χ1) is 9.26. The fraction of sp³-hybridized carbons (Fsp3) is 0.333. The Balaban J connectivity index is 3.23.